The average molecular weight is 325 g/mol. The van der Waals surface area contributed by atoms with Gasteiger partial charge in [0.15, 0.2) is 0 Å². The van der Waals surface area contributed by atoms with Crippen molar-refractivity contribution in [1.29, 1.82) is 0 Å². The van der Waals surface area contributed by atoms with Gasteiger partial charge in [-0.15, -0.1) is 0 Å². The molecule has 0 heterocycles. The predicted molar refractivity (Wildman–Crippen MR) is 82.9 cm³/mol. The van der Waals surface area contributed by atoms with Gasteiger partial charge < -0.3 is 10.6 Å². The maximum Gasteiger partial charge on any atom is 0.238 e. The van der Waals surface area contributed by atoms with Crippen LogP contribution in [-0.4, -0.2) is 12.5 Å². The van der Waals surface area contributed by atoms with Gasteiger partial charge in [-0.05, 0) is 36.8 Å². The van der Waals surface area contributed by atoms with E-state index in [1.807, 2.05) is 19.1 Å². The zero-order valence-corrected chi connectivity index (χ0v) is 12.6. The van der Waals surface area contributed by atoms with E-state index in [0.29, 0.717) is 5.02 Å². The molecular weight excluding hydrogens is 310 g/mol. The van der Waals surface area contributed by atoms with Crippen LogP contribution in [0.4, 0.5) is 14.5 Å². The Bertz CT molecular complexity index is 641. The van der Waals surface area contributed by atoms with E-state index in [9.17, 15) is 13.6 Å². The van der Waals surface area contributed by atoms with E-state index >= 15 is 0 Å². The van der Waals surface area contributed by atoms with Crippen molar-refractivity contribution in [2.75, 3.05) is 11.9 Å². The van der Waals surface area contributed by atoms with Gasteiger partial charge in [-0.2, -0.15) is 0 Å². The summed E-state index contributed by atoms with van der Waals surface area (Å²) in [5.41, 5.74) is 0.516. The fraction of sp³-hybridized carbons (Fsp3) is 0.188. The minimum atomic E-state index is -0.806. The molecule has 0 spiro atoms. The third kappa shape index (κ3) is 4.26. The average Bonchev–Trinajstić information content (AvgIpc) is 2.49. The first-order valence-electron chi connectivity index (χ1n) is 6.70. The van der Waals surface area contributed by atoms with Crippen LogP contribution in [0.5, 0.6) is 0 Å². The minimum Gasteiger partial charge on any atom is -0.320 e. The summed E-state index contributed by atoms with van der Waals surface area (Å²) in [6.45, 7) is 1.80. The molecule has 0 saturated heterocycles. The monoisotopic (exact) mass is 324 g/mol. The Labute approximate surface area is 132 Å². The molecule has 0 fully saturated rings. The second kappa shape index (κ2) is 7.33. The molecule has 0 aromatic heterocycles. The highest BCUT2D eigenvalue weighted by Gasteiger charge is 2.13. The second-order valence-corrected chi connectivity index (χ2v) is 5.24. The van der Waals surface area contributed by atoms with Crippen molar-refractivity contribution < 1.29 is 13.6 Å². The van der Waals surface area contributed by atoms with Crippen LogP contribution in [0.3, 0.4) is 0 Å². The van der Waals surface area contributed by atoms with Gasteiger partial charge in [0.25, 0.3) is 0 Å². The van der Waals surface area contributed by atoms with E-state index in [4.69, 9.17) is 11.6 Å². The molecule has 0 radical (unpaired) electrons. The molecule has 0 aliphatic rings. The summed E-state index contributed by atoms with van der Waals surface area (Å²) in [5, 5.41) is 5.83. The highest BCUT2D eigenvalue weighted by Crippen LogP contribution is 2.18. The Morgan fingerprint density at radius 2 is 1.73 bits per heavy atom. The summed E-state index contributed by atoms with van der Waals surface area (Å²) < 4.78 is 26.8. The smallest absolute Gasteiger partial charge is 0.238 e. The van der Waals surface area contributed by atoms with Crippen molar-refractivity contribution in [2.24, 2.45) is 0 Å². The third-order valence-corrected chi connectivity index (χ3v) is 3.42. The molecule has 22 heavy (non-hydrogen) atoms. The number of benzene rings is 2. The molecule has 1 amide bonds. The summed E-state index contributed by atoms with van der Waals surface area (Å²) in [7, 11) is 0. The van der Waals surface area contributed by atoms with E-state index in [-0.39, 0.29) is 12.6 Å². The molecule has 2 N–H and O–H groups in total. The fourth-order valence-corrected chi connectivity index (χ4v) is 2.04. The van der Waals surface area contributed by atoms with Crippen LogP contribution in [0.25, 0.3) is 0 Å². The minimum absolute atomic E-state index is 0.0719. The van der Waals surface area contributed by atoms with Crippen molar-refractivity contribution in [3.63, 3.8) is 0 Å². The number of halogens is 3. The number of rotatable bonds is 5. The van der Waals surface area contributed by atoms with Crippen LogP contribution >= 0.6 is 11.6 Å². The van der Waals surface area contributed by atoms with E-state index < -0.39 is 23.2 Å². The molecule has 1 atom stereocenters. The normalized spacial score (nSPS) is 12.0. The van der Waals surface area contributed by atoms with Crippen LogP contribution < -0.4 is 10.6 Å². The summed E-state index contributed by atoms with van der Waals surface area (Å²) >= 11 is 5.81. The summed E-state index contributed by atoms with van der Waals surface area (Å²) in [4.78, 5) is 11.8. The van der Waals surface area contributed by atoms with Gasteiger partial charge in [0.05, 0.1) is 6.54 Å². The molecule has 3 nitrogen and oxygen atoms in total. The molecule has 2 rings (SSSR count). The third-order valence-electron chi connectivity index (χ3n) is 3.17. The zero-order valence-electron chi connectivity index (χ0n) is 11.9. The number of carbonyl (C=O) groups is 1. The SMILES string of the molecule is C[C@H](NCC(=O)Nc1c(F)cccc1F)c1ccc(Cl)cc1. The molecule has 116 valence electrons. The lowest BCUT2D eigenvalue weighted by Gasteiger charge is -2.14. The van der Waals surface area contributed by atoms with Crippen LogP contribution in [0, 0.1) is 11.6 Å². The molecular formula is C16H15ClF2N2O. The van der Waals surface area contributed by atoms with Crippen LogP contribution in [0.2, 0.25) is 5.02 Å². The van der Waals surface area contributed by atoms with Crippen LogP contribution in [0.1, 0.15) is 18.5 Å². The van der Waals surface area contributed by atoms with Gasteiger partial charge in [0, 0.05) is 11.1 Å². The molecule has 6 heteroatoms. The number of hydrogen-bond acceptors (Lipinski definition) is 2. The van der Waals surface area contributed by atoms with Crippen molar-refractivity contribution in [3.8, 4) is 0 Å². The Morgan fingerprint density at radius 1 is 1.14 bits per heavy atom. The molecule has 0 unspecified atom stereocenters. The van der Waals surface area contributed by atoms with Crippen molar-refractivity contribution in [2.45, 2.75) is 13.0 Å². The first-order valence-corrected chi connectivity index (χ1v) is 7.08. The highest BCUT2D eigenvalue weighted by atomic mass is 35.5. The Hall–Kier alpha value is -1.98. The van der Waals surface area contributed by atoms with E-state index in [1.165, 1.54) is 6.07 Å². The quantitative estimate of drug-likeness (QED) is 0.875. The number of anilines is 1. The van der Waals surface area contributed by atoms with Gasteiger partial charge >= 0.3 is 0 Å². The van der Waals surface area contributed by atoms with Gasteiger partial charge in [-0.25, -0.2) is 8.78 Å². The fourth-order valence-electron chi connectivity index (χ4n) is 1.92. The first-order chi connectivity index (χ1) is 10.5. The summed E-state index contributed by atoms with van der Waals surface area (Å²) in [5.74, 6) is -2.14. The number of hydrogen-bond donors (Lipinski definition) is 2. The lowest BCUT2D eigenvalue weighted by Crippen LogP contribution is -2.30. The second-order valence-electron chi connectivity index (χ2n) is 4.80. The molecule has 0 aliphatic carbocycles. The summed E-state index contributed by atoms with van der Waals surface area (Å²) in [6.07, 6.45) is 0. The Kier molecular flexibility index (Phi) is 5.46. The van der Waals surface area contributed by atoms with E-state index in [1.54, 1.807) is 12.1 Å². The van der Waals surface area contributed by atoms with Gasteiger partial charge in [0.2, 0.25) is 5.91 Å². The highest BCUT2D eigenvalue weighted by molar-refractivity contribution is 6.30. The number of amides is 1. The molecule has 2 aromatic rings. The van der Waals surface area contributed by atoms with Crippen LogP contribution in [-0.2, 0) is 4.79 Å². The largest absolute Gasteiger partial charge is 0.320 e. The van der Waals surface area contributed by atoms with E-state index in [2.05, 4.69) is 10.6 Å². The van der Waals surface area contributed by atoms with Crippen LogP contribution in [0.15, 0.2) is 42.5 Å². The Morgan fingerprint density at radius 3 is 2.32 bits per heavy atom. The lowest BCUT2D eigenvalue weighted by molar-refractivity contribution is -0.115. The predicted octanol–water partition coefficient (Wildman–Crippen LogP) is 3.91. The zero-order chi connectivity index (χ0) is 16.1. The standard InChI is InChI=1S/C16H15ClF2N2O/c1-10(11-5-7-12(17)8-6-11)20-9-15(22)21-16-13(18)3-2-4-14(16)19/h2-8,10,20H,9H2,1H3,(H,21,22)/t10-/m0/s1. The van der Waals surface area contributed by atoms with Gasteiger partial charge in [-0.3, -0.25) is 4.79 Å². The topological polar surface area (TPSA) is 41.1 Å². The van der Waals surface area contributed by atoms with E-state index in [0.717, 1.165) is 17.7 Å². The summed E-state index contributed by atoms with van der Waals surface area (Å²) in [6, 6.07) is 10.5. The molecule has 2 aromatic carbocycles. The van der Waals surface area contributed by atoms with Crippen molar-refractivity contribution >= 4 is 23.2 Å². The van der Waals surface area contributed by atoms with Gasteiger partial charge in [0.1, 0.15) is 17.3 Å². The Balaban J connectivity index is 1.91. The maximum atomic E-state index is 13.4. The van der Waals surface area contributed by atoms with Crippen molar-refractivity contribution in [1.82, 2.24) is 5.32 Å². The molecule has 0 aliphatic heterocycles. The first kappa shape index (κ1) is 16.4. The number of carbonyl (C=O) groups excluding carboxylic acids is 1. The molecule has 0 bridgehead atoms. The molecule has 0 saturated carbocycles. The lowest BCUT2D eigenvalue weighted by atomic mass is 10.1. The van der Waals surface area contributed by atoms with Gasteiger partial charge in [-0.1, -0.05) is 29.8 Å². The van der Waals surface area contributed by atoms with Crippen molar-refractivity contribution in [3.05, 3.63) is 64.7 Å². The number of para-hydroxylation sites is 1. The number of nitrogens with one attached hydrogen (secondary N) is 2. The maximum absolute atomic E-state index is 13.4.